The zero-order valence-corrected chi connectivity index (χ0v) is 15.8. The number of hydrogen-bond acceptors (Lipinski definition) is 4. The van der Waals surface area contributed by atoms with Crippen LogP contribution in [0, 0.1) is 0 Å². The maximum Gasteiger partial charge on any atom is 0.267 e. The third kappa shape index (κ3) is 4.86. The minimum absolute atomic E-state index is 0.185. The summed E-state index contributed by atoms with van der Waals surface area (Å²) in [5, 5.41) is 3.70. The minimum atomic E-state index is -2.75. The molecule has 0 saturated carbocycles. The van der Waals surface area contributed by atoms with Crippen LogP contribution in [0.5, 0.6) is 0 Å². The van der Waals surface area contributed by atoms with Crippen molar-refractivity contribution in [3.8, 4) is 0 Å². The molecule has 0 aromatic heterocycles. The molecule has 0 aliphatic carbocycles. The number of benzene rings is 2. The lowest BCUT2D eigenvalue weighted by atomic mass is 10.2. The van der Waals surface area contributed by atoms with Gasteiger partial charge in [0.15, 0.2) is 0 Å². The molecule has 1 radical (unpaired) electrons. The van der Waals surface area contributed by atoms with E-state index in [1.807, 2.05) is 63.2 Å². The molecule has 0 unspecified atom stereocenters. The number of para-hydroxylation sites is 1. The van der Waals surface area contributed by atoms with Crippen molar-refractivity contribution >= 4 is 24.8 Å². The summed E-state index contributed by atoms with van der Waals surface area (Å²) < 4.78 is 17.8. The predicted octanol–water partition coefficient (Wildman–Crippen LogP) is 4.44. The van der Waals surface area contributed by atoms with Gasteiger partial charge in [-0.1, -0.05) is 30.3 Å². The highest BCUT2D eigenvalue weighted by atomic mass is 31.2. The molecular weight excluding hydrogens is 337 g/mol. The van der Waals surface area contributed by atoms with Gasteiger partial charge in [0.25, 0.3) is 13.9 Å². The summed E-state index contributed by atoms with van der Waals surface area (Å²) >= 11 is 0. The zero-order valence-electron chi connectivity index (χ0n) is 14.9. The summed E-state index contributed by atoms with van der Waals surface area (Å²) in [6.07, 6.45) is 0. The first kappa shape index (κ1) is 19.5. The zero-order chi connectivity index (χ0) is 18.1. The van der Waals surface area contributed by atoms with Gasteiger partial charge in [0.05, 0.1) is 30.8 Å². The average Bonchev–Trinajstić information content (AvgIpc) is 2.63. The third-order valence-electron chi connectivity index (χ3n) is 3.38. The van der Waals surface area contributed by atoms with E-state index in [0.29, 0.717) is 31.1 Å². The summed E-state index contributed by atoms with van der Waals surface area (Å²) in [4.78, 5) is 12.5. The van der Waals surface area contributed by atoms with E-state index in [0.717, 1.165) is 5.30 Å². The molecule has 135 valence electrons. The highest BCUT2D eigenvalue weighted by molar-refractivity contribution is 7.69. The van der Waals surface area contributed by atoms with Crippen LogP contribution in [-0.4, -0.2) is 25.7 Å². The Bertz CT molecular complexity index is 661. The molecule has 0 aliphatic heterocycles. The van der Waals surface area contributed by atoms with Crippen molar-refractivity contribution in [3.63, 3.8) is 0 Å². The van der Waals surface area contributed by atoms with Crippen LogP contribution >= 0.6 is 7.94 Å². The van der Waals surface area contributed by atoms with Gasteiger partial charge < -0.3 is 18.9 Å². The van der Waals surface area contributed by atoms with E-state index in [9.17, 15) is 4.79 Å². The van der Waals surface area contributed by atoms with Crippen LogP contribution in [0.15, 0.2) is 54.6 Å². The Hall–Kier alpha value is -1.78. The topological polar surface area (TPSA) is 56.8 Å². The Kier molecular flexibility index (Phi) is 7.53. The summed E-state index contributed by atoms with van der Waals surface area (Å²) in [6.45, 7) is 7.06. The predicted molar refractivity (Wildman–Crippen MR) is 102 cm³/mol. The van der Waals surface area contributed by atoms with Crippen LogP contribution in [-0.2, 0) is 13.6 Å². The summed E-state index contributed by atoms with van der Waals surface area (Å²) in [5.41, 5.74) is 1.23. The molecule has 0 spiro atoms. The Morgan fingerprint density at radius 2 is 1.36 bits per heavy atom. The lowest BCUT2D eigenvalue weighted by molar-refractivity contribution is 0.102. The van der Waals surface area contributed by atoms with E-state index in [1.165, 1.54) is 0 Å². The molecule has 0 bridgehead atoms. The first-order valence-corrected chi connectivity index (χ1v) is 9.99. The van der Waals surface area contributed by atoms with E-state index in [2.05, 4.69) is 5.32 Å². The van der Waals surface area contributed by atoms with Crippen molar-refractivity contribution in [2.75, 3.05) is 25.1 Å². The van der Waals surface area contributed by atoms with Crippen molar-refractivity contribution in [3.05, 3.63) is 60.2 Å². The van der Waals surface area contributed by atoms with Crippen molar-refractivity contribution < 1.29 is 18.4 Å². The fourth-order valence-electron chi connectivity index (χ4n) is 2.43. The summed E-state index contributed by atoms with van der Waals surface area (Å²) in [7, 11) is -2.75. The molecule has 1 N–H and O–H groups in total. The minimum Gasteiger partial charge on any atom is -0.321 e. The molecular formula is C19H25NO4P. The Labute approximate surface area is 149 Å². The second-order valence-corrected chi connectivity index (χ2v) is 7.34. The number of carbonyl (C=O) groups excluding carboxylic acids is 1. The molecule has 5 nitrogen and oxygen atoms in total. The molecule has 0 saturated heterocycles. The number of hydrogen-bond donors (Lipinski definition) is 1. The molecule has 0 atom stereocenters. The van der Waals surface area contributed by atoms with Gasteiger partial charge in [-0.05, 0) is 45.0 Å². The Balaban J connectivity index is 2.39. The van der Waals surface area contributed by atoms with Crippen LogP contribution in [0.3, 0.4) is 0 Å². The molecule has 2 aromatic carbocycles. The van der Waals surface area contributed by atoms with Crippen LogP contribution in [0.2, 0.25) is 0 Å². The van der Waals surface area contributed by atoms with Gasteiger partial charge in [0.1, 0.15) is 0 Å². The number of anilines is 1. The molecule has 2 aromatic rings. The summed E-state index contributed by atoms with van der Waals surface area (Å²) in [5.74, 6) is -0.185. The normalized spacial score (nSPS) is 11.3. The van der Waals surface area contributed by atoms with Crippen LogP contribution < -0.4 is 10.6 Å². The van der Waals surface area contributed by atoms with Crippen molar-refractivity contribution in [1.82, 2.24) is 0 Å². The van der Waals surface area contributed by atoms with Gasteiger partial charge in [-0.25, -0.2) is 0 Å². The van der Waals surface area contributed by atoms with Gasteiger partial charge >= 0.3 is 0 Å². The van der Waals surface area contributed by atoms with Gasteiger partial charge in [-0.15, -0.1) is 0 Å². The van der Waals surface area contributed by atoms with E-state index in [4.69, 9.17) is 13.6 Å². The lowest BCUT2D eigenvalue weighted by Gasteiger charge is -2.34. The molecule has 2 rings (SSSR count). The van der Waals surface area contributed by atoms with Crippen molar-refractivity contribution in [2.24, 2.45) is 0 Å². The molecule has 0 heterocycles. The number of amides is 1. The first-order chi connectivity index (χ1) is 12.2. The largest absolute Gasteiger partial charge is 0.321 e. The fraction of sp³-hybridized carbons (Fsp3) is 0.316. The van der Waals surface area contributed by atoms with Gasteiger partial charge in [0, 0.05) is 5.56 Å². The maximum absolute atomic E-state index is 12.5. The second kappa shape index (κ2) is 9.64. The van der Waals surface area contributed by atoms with Crippen LogP contribution in [0.4, 0.5) is 5.69 Å². The lowest BCUT2D eigenvalue weighted by Crippen LogP contribution is -2.25. The molecule has 0 fully saturated rings. The standard InChI is InChI=1S/C19H25NO4P/c1-4-22-25(23-5-2,24-6-3)18-15-11-10-14-17(18)20-19(21)16-12-8-7-9-13-16/h7-15H,4-6H2,1-3H3,(H,20,21). The van der Waals surface area contributed by atoms with E-state index in [1.54, 1.807) is 12.1 Å². The fourth-order valence-corrected chi connectivity index (χ4v) is 4.79. The van der Waals surface area contributed by atoms with Crippen molar-refractivity contribution in [1.29, 1.82) is 0 Å². The van der Waals surface area contributed by atoms with Crippen molar-refractivity contribution in [2.45, 2.75) is 20.8 Å². The van der Waals surface area contributed by atoms with Gasteiger partial charge in [-0.2, -0.15) is 0 Å². The monoisotopic (exact) mass is 362 g/mol. The van der Waals surface area contributed by atoms with E-state index in [-0.39, 0.29) is 5.91 Å². The SMILES string of the molecule is CCO[P](OCC)(OCC)c1ccccc1NC(=O)c1ccccc1. The number of nitrogens with one attached hydrogen (secondary N) is 1. The molecule has 1 amide bonds. The second-order valence-electron chi connectivity index (χ2n) is 5.09. The molecule has 0 aliphatic rings. The number of carbonyl (C=O) groups is 1. The Morgan fingerprint density at radius 3 is 1.92 bits per heavy atom. The van der Waals surface area contributed by atoms with E-state index < -0.39 is 7.94 Å². The van der Waals surface area contributed by atoms with Crippen LogP contribution in [0.1, 0.15) is 31.1 Å². The quantitative estimate of drug-likeness (QED) is 0.670. The van der Waals surface area contributed by atoms with E-state index >= 15 is 0 Å². The Morgan fingerprint density at radius 1 is 0.840 bits per heavy atom. The average molecular weight is 362 g/mol. The van der Waals surface area contributed by atoms with Gasteiger partial charge in [0.2, 0.25) is 0 Å². The smallest absolute Gasteiger partial charge is 0.267 e. The molecule has 6 heteroatoms. The van der Waals surface area contributed by atoms with Crippen LogP contribution in [0.25, 0.3) is 0 Å². The highest BCUT2D eigenvalue weighted by Gasteiger charge is 2.36. The third-order valence-corrected chi connectivity index (χ3v) is 6.15. The highest BCUT2D eigenvalue weighted by Crippen LogP contribution is 2.62. The van der Waals surface area contributed by atoms with Gasteiger partial charge in [-0.3, -0.25) is 4.79 Å². The first-order valence-electron chi connectivity index (χ1n) is 8.45. The number of rotatable bonds is 9. The maximum atomic E-state index is 12.5. The summed E-state index contributed by atoms with van der Waals surface area (Å²) in [6, 6.07) is 16.6. The molecule has 25 heavy (non-hydrogen) atoms.